The molecule has 196 valence electrons. The second-order valence-electron chi connectivity index (χ2n) is 7.69. The van der Waals surface area contributed by atoms with Crippen molar-refractivity contribution in [2.45, 2.75) is 25.5 Å². The van der Waals surface area contributed by atoms with Crippen LogP contribution < -0.4 is 10.6 Å². The molecule has 0 atom stereocenters. The van der Waals surface area contributed by atoms with E-state index in [2.05, 4.69) is 31.0 Å². The van der Waals surface area contributed by atoms with Gasteiger partial charge in [-0.3, -0.25) is 29.6 Å². The molecule has 38 heavy (non-hydrogen) atoms. The molecule has 4 aromatic rings. The molecule has 0 spiro atoms. The van der Waals surface area contributed by atoms with Crippen molar-refractivity contribution < 1.29 is 14.5 Å². The van der Waals surface area contributed by atoms with Crippen molar-refractivity contribution in [3.05, 3.63) is 78.5 Å². The summed E-state index contributed by atoms with van der Waals surface area (Å²) in [6.45, 7) is 3.22. The fraction of sp³-hybridized carbons (Fsp3) is 0.182. The summed E-state index contributed by atoms with van der Waals surface area (Å²) in [6, 6.07) is 9.19. The predicted molar refractivity (Wildman–Crippen MR) is 144 cm³/mol. The molecule has 0 unspecified atom stereocenters. The third kappa shape index (κ3) is 6.27. The highest BCUT2D eigenvalue weighted by Gasteiger charge is 2.21. The molecular weight excluding hydrogens is 575 g/mol. The van der Waals surface area contributed by atoms with Gasteiger partial charge in [0.25, 0.3) is 11.6 Å². The van der Waals surface area contributed by atoms with Crippen LogP contribution in [0.5, 0.6) is 0 Å². The van der Waals surface area contributed by atoms with Crippen molar-refractivity contribution in [2.24, 2.45) is 0 Å². The van der Waals surface area contributed by atoms with Crippen LogP contribution in [-0.2, 0) is 11.3 Å². The lowest BCUT2D eigenvalue weighted by Gasteiger charge is -2.12. The van der Waals surface area contributed by atoms with Crippen molar-refractivity contribution in [1.82, 2.24) is 30.3 Å². The van der Waals surface area contributed by atoms with Crippen molar-refractivity contribution in [3.8, 4) is 5.69 Å². The maximum absolute atomic E-state index is 12.9. The van der Waals surface area contributed by atoms with Gasteiger partial charge in [0.1, 0.15) is 5.01 Å². The second-order valence-corrected chi connectivity index (χ2v) is 10.6. The molecule has 12 nitrogen and oxygen atoms in total. The molecule has 2 aromatic heterocycles. The van der Waals surface area contributed by atoms with Gasteiger partial charge in [0.05, 0.1) is 33.0 Å². The van der Waals surface area contributed by atoms with E-state index in [1.807, 2.05) is 0 Å². The molecular formula is C22H18Cl2N8O4S2. The highest BCUT2D eigenvalue weighted by atomic mass is 35.5. The van der Waals surface area contributed by atoms with Gasteiger partial charge in [-0.05, 0) is 38.1 Å². The van der Waals surface area contributed by atoms with Crippen molar-refractivity contribution in [2.75, 3.05) is 11.1 Å². The molecule has 2 N–H and O–H groups in total. The predicted octanol–water partition coefficient (Wildman–Crippen LogP) is 4.61. The minimum Gasteiger partial charge on any atom is -0.345 e. The lowest BCUT2D eigenvalue weighted by atomic mass is 10.1. The van der Waals surface area contributed by atoms with Gasteiger partial charge in [-0.2, -0.15) is 0 Å². The van der Waals surface area contributed by atoms with E-state index in [9.17, 15) is 19.7 Å². The van der Waals surface area contributed by atoms with Crippen LogP contribution in [0, 0.1) is 24.0 Å². The molecule has 0 saturated heterocycles. The Kier molecular flexibility index (Phi) is 8.56. The lowest BCUT2D eigenvalue weighted by molar-refractivity contribution is -0.385. The van der Waals surface area contributed by atoms with E-state index in [1.165, 1.54) is 36.5 Å². The van der Waals surface area contributed by atoms with Gasteiger partial charge < -0.3 is 5.32 Å². The van der Waals surface area contributed by atoms with Gasteiger partial charge in [-0.1, -0.05) is 52.4 Å². The number of thioether (sulfide) groups is 1. The highest BCUT2D eigenvalue weighted by molar-refractivity contribution is 7.99. The van der Waals surface area contributed by atoms with E-state index in [4.69, 9.17) is 23.2 Å². The zero-order valence-corrected chi connectivity index (χ0v) is 22.9. The second kappa shape index (κ2) is 11.9. The third-order valence-electron chi connectivity index (χ3n) is 5.12. The first kappa shape index (κ1) is 27.4. The Morgan fingerprint density at radius 1 is 1.11 bits per heavy atom. The summed E-state index contributed by atoms with van der Waals surface area (Å²) in [7, 11) is 0. The molecule has 0 radical (unpaired) electrons. The SMILES string of the molecule is Cc1nnc(NC(=O)CSc2nnc(CNC(=O)c3cccc([N+](=O)[O-])c3C)n2-c2ccc(Cl)c(Cl)c2)s1. The first-order chi connectivity index (χ1) is 18.1. The van der Waals surface area contributed by atoms with E-state index < -0.39 is 10.8 Å². The number of aryl methyl sites for hydroxylation is 1. The number of amides is 2. The van der Waals surface area contributed by atoms with E-state index >= 15 is 0 Å². The number of anilines is 1. The third-order valence-corrected chi connectivity index (χ3v) is 7.54. The van der Waals surface area contributed by atoms with Crippen LogP contribution in [0.15, 0.2) is 41.6 Å². The van der Waals surface area contributed by atoms with Crippen molar-refractivity contribution in [3.63, 3.8) is 0 Å². The highest BCUT2D eigenvalue weighted by Crippen LogP contribution is 2.28. The van der Waals surface area contributed by atoms with E-state index in [0.29, 0.717) is 31.8 Å². The lowest BCUT2D eigenvalue weighted by Crippen LogP contribution is -2.25. The molecule has 0 saturated carbocycles. The summed E-state index contributed by atoms with van der Waals surface area (Å²) >= 11 is 14.7. The van der Waals surface area contributed by atoms with Crippen LogP contribution in [0.3, 0.4) is 0 Å². The minimum atomic E-state index is -0.543. The Balaban J connectivity index is 1.56. The normalized spacial score (nSPS) is 10.8. The number of hydrogen-bond acceptors (Lipinski definition) is 10. The van der Waals surface area contributed by atoms with Crippen LogP contribution >= 0.6 is 46.3 Å². The summed E-state index contributed by atoms with van der Waals surface area (Å²) < 4.78 is 1.63. The standard InChI is InChI=1S/C22H18Cl2N8O4S2/c1-11-14(4-3-5-17(11)32(35)36)20(34)25-9-18-28-30-22(31(18)13-6-7-15(23)16(24)8-13)37-10-19(33)26-21-29-27-12(2)38-21/h3-8H,9-10H2,1-2H3,(H,25,34)(H,26,29,33). The molecule has 0 aliphatic heterocycles. The fourth-order valence-electron chi connectivity index (χ4n) is 3.35. The van der Waals surface area contributed by atoms with Gasteiger partial charge in [0.15, 0.2) is 11.0 Å². The first-order valence-electron chi connectivity index (χ1n) is 10.8. The Labute approximate surface area is 233 Å². The monoisotopic (exact) mass is 592 g/mol. The van der Waals surface area contributed by atoms with Crippen molar-refractivity contribution in [1.29, 1.82) is 0 Å². The molecule has 2 aromatic carbocycles. The summed E-state index contributed by atoms with van der Waals surface area (Å²) in [4.78, 5) is 36.0. The summed E-state index contributed by atoms with van der Waals surface area (Å²) in [5.41, 5.74) is 0.812. The number of benzene rings is 2. The Morgan fingerprint density at radius 3 is 2.58 bits per heavy atom. The van der Waals surface area contributed by atoms with Gasteiger partial charge in [-0.15, -0.1) is 20.4 Å². The van der Waals surface area contributed by atoms with Crippen LogP contribution in [0.1, 0.15) is 26.8 Å². The molecule has 16 heteroatoms. The number of nitro groups is 1. The number of carbonyl (C=O) groups is 2. The minimum absolute atomic E-state index is 0.00266. The van der Waals surface area contributed by atoms with Crippen LogP contribution in [0.2, 0.25) is 10.0 Å². The summed E-state index contributed by atoms with van der Waals surface area (Å²) in [6.07, 6.45) is 0. The average molecular weight is 593 g/mol. The number of nitrogens with one attached hydrogen (secondary N) is 2. The van der Waals surface area contributed by atoms with Crippen LogP contribution in [0.25, 0.3) is 5.69 Å². The number of rotatable bonds is 9. The maximum Gasteiger partial charge on any atom is 0.273 e. The first-order valence-corrected chi connectivity index (χ1v) is 13.3. The van der Waals surface area contributed by atoms with Gasteiger partial charge in [0, 0.05) is 17.2 Å². The smallest absolute Gasteiger partial charge is 0.273 e. The molecule has 0 aliphatic carbocycles. The maximum atomic E-state index is 12.9. The number of aromatic nitrogens is 5. The van der Waals surface area contributed by atoms with Gasteiger partial charge in [0.2, 0.25) is 11.0 Å². The number of nitrogens with zero attached hydrogens (tertiary/aromatic N) is 6. The largest absolute Gasteiger partial charge is 0.345 e. The molecule has 4 rings (SSSR count). The Hall–Kier alpha value is -3.59. The summed E-state index contributed by atoms with van der Waals surface area (Å²) in [5, 5.41) is 34.9. The number of nitro benzene ring substituents is 1. The van der Waals surface area contributed by atoms with Gasteiger partial charge >= 0.3 is 0 Å². The zero-order valence-electron chi connectivity index (χ0n) is 19.8. The molecule has 0 bridgehead atoms. The van der Waals surface area contributed by atoms with E-state index in [-0.39, 0.29) is 35.0 Å². The van der Waals surface area contributed by atoms with Gasteiger partial charge in [-0.25, -0.2) is 0 Å². The van der Waals surface area contributed by atoms with Crippen LogP contribution in [-0.4, -0.2) is 47.5 Å². The Morgan fingerprint density at radius 2 is 1.89 bits per heavy atom. The zero-order chi connectivity index (χ0) is 27.4. The topological polar surface area (TPSA) is 158 Å². The molecule has 0 aliphatic rings. The quantitative estimate of drug-likeness (QED) is 0.161. The fourth-order valence-corrected chi connectivity index (χ4v) is 5.02. The number of carbonyl (C=O) groups excluding carboxylic acids is 2. The van der Waals surface area contributed by atoms with E-state index in [0.717, 1.165) is 16.8 Å². The van der Waals surface area contributed by atoms with E-state index in [1.54, 1.807) is 29.7 Å². The average Bonchev–Trinajstić information content (AvgIpc) is 3.48. The summed E-state index contributed by atoms with van der Waals surface area (Å²) in [5.74, 6) is -0.499. The Bertz CT molecular complexity index is 1540. The number of halogens is 2. The number of hydrogen-bond donors (Lipinski definition) is 2. The van der Waals surface area contributed by atoms with Crippen molar-refractivity contribution >= 4 is 68.9 Å². The molecule has 2 heterocycles. The molecule has 0 fully saturated rings. The molecule has 2 amide bonds. The van der Waals surface area contributed by atoms with Crippen LogP contribution in [0.4, 0.5) is 10.8 Å².